The van der Waals surface area contributed by atoms with Crippen LogP contribution in [0.5, 0.6) is 0 Å². The maximum atomic E-state index is 11.9. The summed E-state index contributed by atoms with van der Waals surface area (Å²) in [5.74, 6) is -0.140. The van der Waals surface area contributed by atoms with E-state index in [0.717, 1.165) is 24.0 Å². The molecule has 6 atom stereocenters. The lowest BCUT2D eigenvalue weighted by molar-refractivity contribution is -0.0946. The number of ether oxygens (including phenoxy) is 1. The van der Waals surface area contributed by atoms with Crippen molar-refractivity contribution in [2.75, 3.05) is 12.3 Å². The number of phosphoric acid groups is 3. The van der Waals surface area contributed by atoms with Gasteiger partial charge < -0.3 is 54.9 Å². The van der Waals surface area contributed by atoms with Gasteiger partial charge in [-0.2, -0.15) is 8.62 Å². The smallest absolute Gasteiger partial charge is 0.423 e. The van der Waals surface area contributed by atoms with Crippen LogP contribution in [0.3, 0.4) is 0 Å². The van der Waals surface area contributed by atoms with Crippen LogP contribution in [0.15, 0.2) is 12.5 Å². The Kier molecular flexibility index (Phi) is 7.70. The molecule has 35 heavy (non-hydrogen) atoms. The van der Waals surface area contributed by atoms with Gasteiger partial charge >= 0.3 is 30.6 Å². The van der Waals surface area contributed by atoms with Crippen LogP contribution in [0.4, 0.5) is 5.82 Å². The average Bonchev–Trinajstić information content (AvgIpc) is 3.14. The molecule has 1 fully saturated rings. The van der Waals surface area contributed by atoms with Gasteiger partial charge in [-0.1, -0.05) is 0 Å². The van der Waals surface area contributed by atoms with Gasteiger partial charge in [0, 0.05) is 11.7 Å². The first-order valence-electron chi connectivity index (χ1n) is 9.16. The summed E-state index contributed by atoms with van der Waals surface area (Å²) in [6, 6.07) is 0. The van der Waals surface area contributed by atoms with Crippen molar-refractivity contribution in [1.82, 2.24) is 14.5 Å². The number of phosphoric ester groups is 1. The number of aliphatic hydroxyl groups excluding tert-OH is 1. The van der Waals surface area contributed by atoms with Crippen LogP contribution in [0, 0.1) is 0 Å². The number of aromatic nitrogens is 3. The topological polar surface area (TPSA) is 307 Å². The maximum Gasteiger partial charge on any atom is 0.490 e. The van der Waals surface area contributed by atoms with E-state index in [2.05, 4.69) is 23.1 Å². The van der Waals surface area contributed by atoms with Crippen LogP contribution >= 0.6 is 23.5 Å². The SMILES string of the molecule is C[C@@]1(O)[C@H](O)[C@@H](COP(=O)(O)OP(=O)(O)OP(=O)(O)O)O[C@H]1n1cc(B(O)O)c2c(N)ncnc21. The number of hydrogen-bond donors (Lipinski definition) is 9. The largest absolute Gasteiger partial charge is 0.490 e. The summed E-state index contributed by atoms with van der Waals surface area (Å²) in [4.78, 5) is 43.6. The fourth-order valence-electron chi connectivity index (χ4n) is 3.36. The van der Waals surface area contributed by atoms with Gasteiger partial charge in [0.2, 0.25) is 0 Å². The molecule has 2 aromatic rings. The third-order valence-corrected chi connectivity index (χ3v) is 8.57. The second-order valence-corrected chi connectivity index (χ2v) is 11.8. The number of nitrogens with two attached hydrogens (primary N) is 1. The molecule has 0 amide bonds. The molecule has 0 aromatic carbocycles. The fourth-order valence-corrected chi connectivity index (χ4v) is 6.39. The lowest BCUT2D eigenvalue weighted by Crippen LogP contribution is -2.44. The van der Waals surface area contributed by atoms with Gasteiger partial charge in [-0.15, -0.1) is 0 Å². The van der Waals surface area contributed by atoms with Gasteiger partial charge in [-0.3, -0.25) is 4.52 Å². The molecule has 2 unspecified atom stereocenters. The van der Waals surface area contributed by atoms with Gasteiger partial charge in [-0.05, 0) is 6.92 Å². The molecular weight excluding hydrogens is 544 g/mol. The monoisotopic (exact) mass is 564 g/mol. The zero-order chi connectivity index (χ0) is 26.6. The molecule has 196 valence electrons. The standard InChI is InChI=1S/C12H20BN4O15P3/c1-12(19)8(18)6(3-29-34(25,26)32-35(27,28)31-33(22,23)24)30-11(12)17-2-5(13(20)21)7-9(14)15-4-16-10(7)17/h2,4,6,8,11,18-21H,3H2,1H3,(H,25,26)(H,27,28)(H2,14,15,16)(H2,22,23,24)/t6-,8-,11-,12-/m1/s1. The highest BCUT2D eigenvalue weighted by Gasteiger charge is 2.54. The summed E-state index contributed by atoms with van der Waals surface area (Å²) in [6.45, 7) is 0.0574. The number of nitrogens with zero attached hydrogens (tertiary/aromatic N) is 3. The van der Waals surface area contributed by atoms with E-state index in [4.69, 9.17) is 20.3 Å². The Morgan fingerprint density at radius 3 is 2.37 bits per heavy atom. The summed E-state index contributed by atoms with van der Waals surface area (Å²) in [7, 11) is -18.9. The molecule has 1 saturated heterocycles. The number of aliphatic hydroxyl groups is 2. The van der Waals surface area contributed by atoms with Crippen LogP contribution in [-0.4, -0.2) is 85.9 Å². The number of rotatable bonds is 9. The van der Waals surface area contributed by atoms with Crippen molar-refractivity contribution in [2.24, 2.45) is 0 Å². The van der Waals surface area contributed by atoms with Gasteiger partial charge in [0.15, 0.2) is 6.23 Å². The molecule has 0 bridgehead atoms. The van der Waals surface area contributed by atoms with E-state index >= 15 is 0 Å². The normalized spacial score (nSPS) is 28.7. The predicted molar refractivity (Wildman–Crippen MR) is 112 cm³/mol. The maximum absolute atomic E-state index is 11.9. The number of fused-ring (bicyclic) bond motifs is 1. The van der Waals surface area contributed by atoms with E-state index in [1.54, 1.807) is 0 Å². The molecule has 1 aliphatic rings. The average molecular weight is 564 g/mol. The molecule has 3 rings (SSSR count). The number of hydrogen-bond acceptors (Lipinski definition) is 14. The van der Waals surface area contributed by atoms with E-state index in [1.807, 2.05) is 0 Å². The molecule has 0 aliphatic carbocycles. The highest BCUT2D eigenvalue weighted by molar-refractivity contribution is 7.66. The quantitative estimate of drug-likeness (QED) is 0.109. The van der Waals surface area contributed by atoms with E-state index in [-0.39, 0.29) is 22.3 Å². The molecule has 10 N–H and O–H groups in total. The second-order valence-electron chi connectivity index (χ2n) is 7.41. The van der Waals surface area contributed by atoms with E-state index < -0.39 is 61.2 Å². The molecule has 3 heterocycles. The van der Waals surface area contributed by atoms with Crippen molar-refractivity contribution >= 4 is 52.9 Å². The van der Waals surface area contributed by atoms with E-state index in [1.165, 1.54) is 0 Å². The van der Waals surface area contributed by atoms with Crippen LogP contribution in [0.25, 0.3) is 11.0 Å². The van der Waals surface area contributed by atoms with Gasteiger partial charge in [0.1, 0.15) is 35.6 Å². The zero-order valence-corrected chi connectivity index (χ0v) is 20.1. The van der Waals surface area contributed by atoms with Gasteiger partial charge in [0.05, 0.1) is 12.0 Å². The van der Waals surface area contributed by atoms with Crippen molar-refractivity contribution in [1.29, 1.82) is 0 Å². The Hall–Kier alpha value is -1.31. The highest BCUT2D eigenvalue weighted by atomic mass is 31.3. The van der Waals surface area contributed by atoms with Crippen LogP contribution in [-0.2, 0) is 31.6 Å². The fraction of sp³-hybridized carbons (Fsp3) is 0.500. The third-order valence-electron chi connectivity index (χ3n) is 4.77. The summed E-state index contributed by atoms with van der Waals surface area (Å²) in [5, 5.41) is 40.7. The molecule has 1 aliphatic heterocycles. The third kappa shape index (κ3) is 6.16. The Bertz CT molecular complexity index is 1250. The van der Waals surface area contributed by atoms with Gasteiger partial charge in [-0.25, -0.2) is 23.7 Å². The van der Waals surface area contributed by atoms with Crippen LogP contribution in [0.1, 0.15) is 13.2 Å². The summed E-state index contributed by atoms with van der Waals surface area (Å²) in [6.07, 6.45) is -2.81. The molecule has 2 aromatic heterocycles. The first kappa shape index (κ1) is 28.3. The first-order chi connectivity index (χ1) is 15.8. The van der Waals surface area contributed by atoms with Crippen molar-refractivity contribution in [2.45, 2.75) is 31.0 Å². The zero-order valence-electron chi connectivity index (χ0n) is 17.4. The second kappa shape index (κ2) is 9.53. The Balaban J connectivity index is 1.83. The molecule has 0 saturated carbocycles. The lowest BCUT2D eigenvalue weighted by Gasteiger charge is -2.27. The van der Waals surface area contributed by atoms with Crippen LogP contribution < -0.4 is 11.2 Å². The lowest BCUT2D eigenvalue weighted by atomic mass is 9.80. The highest BCUT2D eigenvalue weighted by Crippen LogP contribution is 2.66. The van der Waals surface area contributed by atoms with E-state index in [9.17, 15) is 43.7 Å². The molecule has 0 spiro atoms. The Morgan fingerprint density at radius 2 is 1.80 bits per heavy atom. The predicted octanol–water partition coefficient (Wildman–Crippen LogP) is -2.95. The molecule has 23 heteroatoms. The minimum Gasteiger partial charge on any atom is -0.423 e. The van der Waals surface area contributed by atoms with Gasteiger partial charge in [0.25, 0.3) is 0 Å². The first-order valence-corrected chi connectivity index (χ1v) is 13.7. The Labute approximate surface area is 195 Å². The summed E-state index contributed by atoms with van der Waals surface area (Å²) >= 11 is 0. The summed E-state index contributed by atoms with van der Waals surface area (Å²) < 4.78 is 52.3. The van der Waals surface area contributed by atoms with E-state index in [0.29, 0.717) is 0 Å². The minimum absolute atomic E-state index is 0.00750. The Morgan fingerprint density at radius 1 is 1.17 bits per heavy atom. The van der Waals surface area contributed by atoms with Crippen molar-refractivity contribution in [3.63, 3.8) is 0 Å². The summed E-state index contributed by atoms with van der Waals surface area (Å²) in [5.41, 5.74) is 3.42. The number of anilines is 1. The minimum atomic E-state index is -5.77. The van der Waals surface area contributed by atoms with Crippen molar-refractivity contribution < 1.29 is 71.4 Å². The van der Waals surface area contributed by atoms with Crippen molar-refractivity contribution in [3.05, 3.63) is 12.5 Å². The molecule has 19 nitrogen and oxygen atoms in total. The molecular formula is C12H20BN4O15P3. The van der Waals surface area contributed by atoms with Crippen LogP contribution in [0.2, 0.25) is 0 Å². The molecule has 0 radical (unpaired) electrons. The van der Waals surface area contributed by atoms with Crippen molar-refractivity contribution in [3.8, 4) is 0 Å². The number of nitrogen functional groups attached to an aromatic ring is 1.